The van der Waals surface area contributed by atoms with E-state index in [0.29, 0.717) is 23.1 Å². The molecule has 0 radical (unpaired) electrons. The van der Waals surface area contributed by atoms with Gasteiger partial charge >= 0.3 is 0 Å². The lowest BCUT2D eigenvalue weighted by atomic mass is 9.99. The molecule has 1 aromatic heterocycles. The minimum absolute atomic E-state index is 0.0208. The van der Waals surface area contributed by atoms with Crippen LogP contribution in [0.4, 0.5) is 5.95 Å². The standard InChI is InChI=1S/C17H27N5O4S2/c1-12-5-4-6-21(8-12)17-18-7-13-11-27(23,24)15-10-22(28(25,26)20(2)3)9-14(15)16(13)19-17/h7,12,14-15H,4-6,8-11H2,1-3H3/t12?,14-,15+/m1/s1. The number of nitrogens with zero attached hydrogens (tertiary/aromatic N) is 5. The second-order valence-corrected chi connectivity index (χ2v) is 12.7. The molecule has 2 saturated heterocycles. The Morgan fingerprint density at radius 2 is 1.96 bits per heavy atom. The molecule has 9 nitrogen and oxygen atoms in total. The normalized spacial score (nSPS) is 30.3. The molecule has 4 heterocycles. The minimum Gasteiger partial charge on any atom is -0.341 e. The average Bonchev–Trinajstić information content (AvgIpc) is 3.09. The molecule has 0 aliphatic carbocycles. The lowest BCUT2D eigenvalue weighted by Gasteiger charge is -2.32. The summed E-state index contributed by atoms with van der Waals surface area (Å²) in [7, 11) is -4.22. The summed E-state index contributed by atoms with van der Waals surface area (Å²) >= 11 is 0. The fourth-order valence-corrected chi connectivity index (χ4v) is 7.72. The van der Waals surface area contributed by atoms with Crippen molar-refractivity contribution in [3.8, 4) is 0 Å². The summed E-state index contributed by atoms with van der Waals surface area (Å²) in [5.41, 5.74) is 1.29. The maximum Gasteiger partial charge on any atom is 0.281 e. The zero-order valence-corrected chi connectivity index (χ0v) is 18.1. The Labute approximate surface area is 166 Å². The van der Waals surface area contributed by atoms with E-state index in [2.05, 4.69) is 16.8 Å². The van der Waals surface area contributed by atoms with E-state index in [9.17, 15) is 16.8 Å². The SMILES string of the molecule is CC1CCCN(c2ncc3c(n2)[C@@H]2CN(S(=O)(=O)N(C)C)C[C@@H]2S(=O)(=O)C3)C1. The summed E-state index contributed by atoms with van der Waals surface area (Å²) in [5.74, 6) is 0.606. The second kappa shape index (κ2) is 6.89. The Bertz CT molecular complexity index is 979. The summed E-state index contributed by atoms with van der Waals surface area (Å²) in [6.45, 7) is 4.08. The van der Waals surface area contributed by atoms with Gasteiger partial charge in [0, 0.05) is 58.0 Å². The Morgan fingerprint density at radius 1 is 1.21 bits per heavy atom. The summed E-state index contributed by atoms with van der Waals surface area (Å²) in [6, 6.07) is 0. The van der Waals surface area contributed by atoms with Crippen molar-refractivity contribution in [1.82, 2.24) is 18.6 Å². The second-order valence-electron chi connectivity index (χ2n) is 8.33. The predicted molar refractivity (Wildman–Crippen MR) is 106 cm³/mol. The Kier molecular flexibility index (Phi) is 4.92. The van der Waals surface area contributed by atoms with Crippen molar-refractivity contribution in [2.24, 2.45) is 5.92 Å². The van der Waals surface area contributed by atoms with Gasteiger partial charge < -0.3 is 4.90 Å². The van der Waals surface area contributed by atoms with E-state index in [1.54, 1.807) is 6.20 Å². The molecule has 156 valence electrons. The van der Waals surface area contributed by atoms with Crippen LogP contribution in [0, 0.1) is 5.92 Å². The number of aromatic nitrogens is 2. The number of hydrogen-bond donors (Lipinski definition) is 0. The van der Waals surface area contributed by atoms with Crippen molar-refractivity contribution < 1.29 is 16.8 Å². The van der Waals surface area contributed by atoms with Crippen LogP contribution in [0.1, 0.15) is 36.9 Å². The van der Waals surface area contributed by atoms with Crippen LogP contribution in [0.15, 0.2) is 6.20 Å². The summed E-state index contributed by atoms with van der Waals surface area (Å²) in [6.07, 6.45) is 3.88. The first-order valence-corrected chi connectivity index (χ1v) is 12.7. The molecule has 4 rings (SSSR count). The van der Waals surface area contributed by atoms with Crippen LogP contribution in [-0.2, 0) is 25.8 Å². The Balaban J connectivity index is 1.71. The molecule has 1 aromatic rings. The molecule has 3 aliphatic rings. The molecule has 2 fully saturated rings. The molecular formula is C17H27N5O4S2. The quantitative estimate of drug-likeness (QED) is 0.677. The van der Waals surface area contributed by atoms with Gasteiger partial charge in [0.25, 0.3) is 10.2 Å². The van der Waals surface area contributed by atoms with Gasteiger partial charge in [0.2, 0.25) is 5.95 Å². The topological polar surface area (TPSA) is 104 Å². The highest BCUT2D eigenvalue weighted by Crippen LogP contribution is 2.40. The summed E-state index contributed by atoms with van der Waals surface area (Å²) in [4.78, 5) is 11.3. The van der Waals surface area contributed by atoms with Crippen LogP contribution in [0.3, 0.4) is 0 Å². The molecule has 3 aliphatic heterocycles. The highest BCUT2D eigenvalue weighted by molar-refractivity contribution is 7.91. The van der Waals surface area contributed by atoms with E-state index in [-0.39, 0.29) is 18.8 Å². The van der Waals surface area contributed by atoms with Gasteiger partial charge in [0.05, 0.1) is 16.7 Å². The van der Waals surface area contributed by atoms with Gasteiger partial charge in [0.1, 0.15) is 0 Å². The molecule has 0 aromatic carbocycles. The molecule has 0 bridgehead atoms. The van der Waals surface area contributed by atoms with Crippen LogP contribution in [0.5, 0.6) is 0 Å². The highest BCUT2D eigenvalue weighted by atomic mass is 32.2. The van der Waals surface area contributed by atoms with E-state index in [0.717, 1.165) is 23.8 Å². The number of anilines is 1. The average molecular weight is 430 g/mol. The number of sulfone groups is 1. The van der Waals surface area contributed by atoms with Gasteiger partial charge in [0.15, 0.2) is 9.84 Å². The number of piperidine rings is 1. The highest BCUT2D eigenvalue weighted by Gasteiger charge is 2.50. The monoisotopic (exact) mass is 429 g/mol. The van der Waals surface area contributed by atoms with Gasteiger partial charge in [-0.05, 0) is 18.8 Å². The summed E-state index contributed by atoms with van der Waals surface area (Å²) in [5, 5.41) is -0.752. The number of hydrogen-bond acceptors (Lipinski definition) is 7. The van der Waals surface area contributed by atoms with Crippen LogP contribution in [-0.4, -0.2) is 80.9 Å². The lowest BCUT2D eigenvalue weighted by molar-refractivity contribution is 0.418. The Morgan fingerprint density at radius 3 is 2.64 bits per heavy atom. The zero-order chi connectivity index (χ0) is 20.3. The predicted octanol–water partition coefficient (Wildman–Crippen LogP) is 0.216. The maximum absolute atomic E-state index is 12.8. The van der Waals surface area contributed by atoms with Crippen LogP contribution in [0.25, 0.3) is 0 Å². The van der Waals surface area contributed by atoms with E-state index >= 15 is 0 Å². The summed E-state index contributed by atoms with van der Waals surface area (Å²) < 4.78 is 53.1. The molecular weight excluding hydrogens is 402 g/mol. The smallest absolute Gasteiger partial charge is 0.281 e. The maximum atomic E-state index is 12.8. The molecule has 28 heavy (non-hydrogen) atoms. The van der Waals surface area contributed by atoms with E-state index < -0.39 is 31.2 Å². The van der Waals surface area contributed by atoms with Crippen molar-refractivity contribution in [3.05, 3.63) is 17.5 Å². The van der Waals surface area contributed by atoms with Crippen molar-refractivity contribution in [2.75, 3.05) is 45.2 Å². The first-order chi connectivity index (χ1) is 13.1. The molecule has 1 unspecified atom stereocenters. The van der Waals surface area contributed by atoms with Gasteiger partial charge in [-0.3, -0.25) is 0 Å². The van der Waals surface area contributed by atoms with E-state index in [1.165, 1.54) is 24.8 Å². The van der Waals surface area contributed by atoms with E-state index in [1.807, 2.05) is 0 Å². The van der Waals surface area contributed by atoms with Crippen LogP contribution >= 0.6 is 0 Å². The fraction of sp³-hybridized carbons (Fsp3) is 0.765. The molecule has 0 amide bonds. The van der Waals surface area contributed by atoms with Gasteiger partial charge in [-0.25, -0.2) is 18.4 Å². The fourth-order valence-electron chi connectivity index (χ4n) is 4.47. The first-order valence-electron chi connectivity index (χ1n) is 9.59. The van der Waals surface area contributed by atoms with Gasteiger partial charge in [-0.15, -0.1) is 0 Å². The molecule has 3 atom stereocenters. The largest absolute Gasteiger partial charge is 0.341 e. The number of rotatable bonds is 3. The van der Waals surface area contributed by atoms with Gasteiger partial charge in [-0.1, -0.05) is 6.92 Å². The molecule has 11 heteroatoms. The first kappa shape index (κ1) is 20.0. The van der Waals surface area contributed by atoms with Crippen molar-refractivity contribution in [1.29, 1.82) is 0 Å². The van der Waals surface area contributed by atoms with Gasteiger partial charge in [-0.2, -0.15) is 17.0 Å². The third-order valence-corrected chi connectivity index (χ3v) is 10.0. The van der Waals surface area contributed by atoms with Crippen LogP contribution in [0.2, 0.25) is 0 Å². The third-order valence-electron chi connectivity index (χ3n) is 6.01. The molecule has 0 saturated carbocycles. The zero-order valence-electron chi connectivity index (χ0n) is 16.4. The lowest BCUT2D eigenvalue weighted by Crippen LogP contribution is -2.40. The van der Waals surface area contributed by atoms with Crippen molar-refractivity contribution >= 4 is 26.0 Å². The van der Waals surface area contributed by atoms with Crippen LogP contribution < -0.4 is 4.90 Å². The molecule has 0 N–H and O–H groups in total. The minimum atomic E-state index is -3.68. The third kappa shape index (κ3) is 3.31. The van der Waals surface area contributed by atoms with Crippen molar-refractivity contribution in [3.63, 3.8) is 0 Å². The Hall–Kier alpha value is -1.30. The van der Waals surface area contributed by atoms with E-state index in [4.69, 9.17) is 4.98 Å². The molecule has 0 spiro atoms. The van der Waals surface area contributed by atoms with Crippen molar-refractivity contribution in [2.45, 2.75) is 36.7 Å². The number of fused-ring (bicyclic) bond motifs is 3.